The summed E-state index contributed by atoms with van der Waals surface area (Å²) in [5, 5.41) is 0. The van der Waals surface area contributed by atoms with Gasteiger partial charge in [-0.25, -0.2) is 4.98 Å². The van der Waals surface area contributed by atoms with Crippen LogP contribution in [0.2, 0.25) is 0 Å². The molecule has 0 spiro atoms. The second-order valence-corrected chi connectivity index (χ2v) is 5.36. The molecule has 1 aliphatic heterocycles. The van der Waals surface area contributed by atoms with E-state index in [9.17, 15) is 0 Å². The van der Waals surface area contributed by atoms with Crippen molar-refractivity contribution in [1.82, 2.24) is 4.98 Å². The third-order valence-electron chi connectivity index (χ3n) is 4.33. The highest BCUT2D eigenvalue weighted by Gasteiger charge is 2.34. The van der Waals surface area contributed by atoms with E-state index in [-0.39, 0.29) is 0 Å². The zero-order valence-electron chi connectivity index (χ0n) is 10.3. The highest BCUT2D eigenvalue weighted by molar-refractivity contribution is 5.63. The van der Waals surface area contributed by atoms with Gasteiger partial charge < -0.3 is 10.6 Å². The van der Waals surface area contributed by atoms with Gasteiger partial charge in [-0.2, -0.15) is 0 Å². The van der Waals surface area contributed by atoms with Crippen molar-refractivity contribution in [2.75, 3.05) is 17.2 Å². The van der Waals surface area contributed by atoms with Gasteiger partial charge in [0.1, 0.15) is 0 Å². The number of nitrogen functional groups attached to an aromatic ring is 1. The number of pyridine rings is 1. The predicted molar refractivity (Wildman–Crippen MR) is 71.0 cm³/mol. The van der Waals surface area contributed by atoms with Gasteiger partial charge in [0.15, 0.2) is 5.82 Å². The highest BCUT2D eigenvalue weighted by Crippen LogP contribution is 2.38. The van der Waals surface area contributed by atoms with Crippen LogP contribution >= 0.6 is 0 Å². The van der Waals surface area contributed by atoms with Crippen LogP contribution in [0.4, 0.5) is 11.5 Å². The molecule has 2 atom stereocenters. The number of fused-ring (bicyclic) bond motifs is 1. The van der Waals surface area contributed by atoms with Crippen molar-refractivity contribution in [2.24, 2.45) is 5.92 Å². The fourth-order valence-electron chi connectivity index (χ4n) is 3.54. The van der Waals surface area contributed by atoms with Crippen molar-refractivity contribution in [3.8, 4) is 0 Å². The lowest BCUT2D eigenvalue weighted by atomic mass is 9.78. The average Bonchev–Trinajstić information content (AvgIpc) is 2.39. The molecule has 17 heavy (non-hydrogen) atoms. The smallest absolute Gasteiger partial charge is 0.152 e. The van der Waals surface area contributed by atoms with Gasteiger partial charge in [0, 0.05) is 18.8 Å². The quantitative estimate of drug-likeness (QED) is 0.808. The third-order valence-corrected chi connectivity index (χ3v) is 4.33. The van der Waals surface area contributed by atoms with Crippen LogP contribution < -0.4 is 10.6 Å². The Morgan fingerprint density at radius 3 is 2.88 bits per heavy atom. The molecule has 1 aromatic rings. The highest BCUT2D eigenvalue weighted by atomic mass is 15.2. The Hall–Kier alpha value is -1.25. The number of aromatic nitrogens is 1. The van der Waals surface area contributed by atoms with Crippen LogP contribution in [0.5, 0.6) is 0 Å². The fraction of sp³-hybridized carbons (Fsp3) is 0.643. The van der Waals surface area contributed by atoms with Crippen molar-refractivity contribution in [3.63, 3.8) is 0 Å². The Kier molecular flexibility index (Phi) is 2.91. The minimum Gasteiger partial charge on any atom is -0.396 e. The van der Waals surface area contributed by atoms with Crippen LogP contribution in [-0.4, -0.2) is 17.6 Å². The first-order valence-corrected chi connectivity index (χ1v) is 6.83. The second kappa shape index (κ2) is 4.55. The number of anilines is 2. The van der Waals surface area contributed by atoms with Crippen molar-refractivity contribution >= 4 is 11.5 Å². The van der Waals surface area contributed by atoms with Gasteiger partial charge in [-0.3, -0.25) is 0 Å². The molecule has 1 saturated heterocycles. The molecular formula is C14H21N3. The van der Waals surface area contributed by atoms with Gasteiger partial charge in [-0.05, 0) is 43.7 Å². The first kappa shape index (κ1) is 10.9. The van der Waals surface area contributed by atoms with Crippen LogP contribution in [0, 0.1) is 5.92 Å². The standard InChI is InChI=1S/C14H21N3/c15-12-7-3-9-16-14(12)17-10-4-6-11-5-1-2-8-13(11)17/h3,7,9,11,13H,1-2,4-6,8,10,15H2/t11-,13-/m0/s1. The monoisotopic (exact) mass is 231 g/mol. The SMILES string of the molecule is Nc1cccnc1N1CCC[C@@H]2CCCC[C@@H]21. The van der Waals surface area contributed by atoms with Gasteiger partial charge in [0.05, 0.1) is 5.69 Å². The summed E-state index contributed by atoms with van der Waals surface area (Å²) in [5.74, 6) is 1.89. The summed E-state index contributed by atoms with van der Waals surface area (Å²) in [6.45, 7) is 1.13. The van der Waals surface area contributed by atoms with Crippen LogP contribution in [0.25, 0.3) is 0 Å². The minimum atomic E-state index is 0.690. The maximum atomic E-state index is 6.07. The summed E-state index contributed by atoms with van der Waals surface area (Å²) in [6, 6.07) is 4.57. The second-order valence-electron chi connectivity index (χ2n) is 5.36. The lowest BCUT2D eigenvalue weighted by molar-refractivity contribution is 0.243. The molecule has 0 aromatic carbocycles. The molecule has 0 unspecified atom stereocenters. The molecular weight excluding hydrogens is 210 g/mol. The molecule has 0 radical (unpaired) electrons. The summed E-state index contributed by atoms with van der Waals surface area (Å²) in [6.07, 6.45) is 10.0. The fourth-order valence-corrected chi connectivity index (χ4v) is 3.54. The van der Waals surface area contributed by atoms with Gasteiger partial charge in [-0.15, -0.1) is 0 Å². The maximum Gasteiger partial charge on any atom is 0.152 e. The van der Waals surface area contributed by atoms with Crippen molar-refractivity contribution in [3.05, 3.63) is 18.3 Å². The summed E-state index contributed by atoms with van der Waals surface area (Å²) in [7, 11) is 0. The Morgan fingerprint density at radius 1 is 1.18 bits per heavy atom. The molecule has 92 valence electrons. The molecule has 3 nitrogen and oxygen atoms in total. The number of hydrogen-bond donors (Lipinski definition) is 1. The van der Waals surface area contributed by atoms with Crippen LogP contribution in [0.3, 0.4) is 0 Å². The Balaban J connectivity index is 1.88. The van der Waals surface area contributed by atoms with E-state index in [0.717, 1.165) is 24.0 Å². The average molecular weight is 231 g/mol. The third kappa shape index (κ3) is 1.99. The zero-order valence-corrected chi connectivity index (χ0v) is 10.3. The molecule has 1 saturated carbocycles. The lowest BCUT2D eigenvalue weighted by Gasteiger charge is -2.45. The van der Waals surface area contributed by atoms with E-state index in [0.29, 0.717) is 6.04 Å². The summed E-state index contributed by atoms with van der Waals surface area (Å²) in [5.41, 5.74) is 6.90. The van der Waals surface area contributed by atoms with Gasteiger partial charge in [-0.1, -0.05) is 12.8 Å². The minimum absolute atomic E-state index is 0.690. The van der Waals surface area contributed by atoms with E-state index in [4.69, 9.17) is 5.73 Å². The molecule has 3 rings (SSSR count). The normalized spacial score (nSPS) is 28.8. The Bertz CT molecular complexity index is 389. The number of nitrogens with zero attached hydrogens (tertiary/aromatic N) is 2. The van der Waals surface area contributed by atoms with Gasteiger partial charge >= 0.3 is 0 Å². The first-order chi connectivity index (χ1) is 8.36. The summed E-state index contributed by atoms with van der Waals surface area (Å²) < 4.78 is 0. The van der Waals surface area contributed by atoms with Gasteiger partial charge in [0.2, 0.25) is 0 Å². The Morgan fingerprint density at radius 2 is 2.00 bits per heavy atom. The van der Waals surface area contributed by atoms with Crippen LogP contribution in [0.1, 0.15) is 38.5 Å². The number of hydrogen-bond acceptors (Lipinski definition) is 3. The van der Waals surface area contributed by atoms with Crippen LogP contribution in [-0.2, 0) is 0 Å². The molecule has 1 aromatic heterocycles. The molecule has 1 aliphatic carbocycles. The van der Waals surface area contributed by atoms with Crippen molar-refractivity contribution < 1.29 is 0 Å². The van der Waals surface area contributed by atoms with Crippen molar-refractivity contribution in [1.29, 1.82) is 0 Å². The molecule has 2 aliphatic rings. The van der Waals surface area contributed by atoms with E-state index in [2.05, 4.69) is 9.88 Å². The van der Waals surface area contributed by atoms with Crippen LogP contribution in [0.15, 0.2) is 18.3 Å². The first-order valence-electron chi connectivity index (χ1n) is 6.83. The number of rotatable bonds is 1. The maximum absolute atomic E-state index is 6.07. The molecule has 0 bridgehead atoms. The predicted octanol–water partition coefficient (Wildman–Crippen LogP) is 2.82. The lowest BCUT2D eigenvalue weighted by Crippen LogP contribution is -2.47. The van der Waals surface area contributed by atoms with E-state index in [1.807, 2.05) is 18.3 Å². The van der Waals surface area contributed by atoms with Crippen molar-refractivity contribution in [2.45, 2.75) is 44.6 Å². The topological polar surface area (TPSA) is 42.1 Å². The zero-order chi connectivity index (χ0) is 11.7. The van der Waals surface area contributed by atoms with E-state index in [1.54, 1.807) is 0 Å². The molecule has 2 heterocycles. The number of nitrogens with two attached hydrogens (primary N) is 1. The van der Waals surface area contributed by atoms with E-state index in [1.165, 1.54) is 38.5 Å². The Labute approximate surface area is 103 Å². The molecule has 2 N–H and O–H groups in total. The van der Waals surface area contributed by atoms with E-state index >= 15 is 0 Å². The molecule has 3 heteroatoms. The van der Waals surface area contributed by atoms with E-state index < -0.39 is 0 Å². The molecule has 2 fully saturated rings. The molecule has 0 amide bonds. The summed E-state index contributed by atoms with van der Waals surface area (Å²) >= 11 is 0. The van der Waals surface area contributed by atoms with Gasteiger partial charge in [0.25, 0.3) is 0 Å². The number of piperidine rings is 1. The largest absolute Gasteiger partial charge is 0.396 e. The summed E-state index contributed by atoms with van der Waals surface area (Å²) in [4.78, 5) is 6.97.